The molecule has 0 unspecified atom stereocenters. The van der Waals surface area contributed by atoms with Gasteiger partial charge in [-0.1, -0.05) is 17.7 Å². The van der Waals surface area contributed by atoms with Crippen molar-refractivity contribution in [3.63, 3.8) is 0 Å². The molecule has 5 heteroatoms. The van der Waals surface area contributed by atoms with Gasteiger partial charge in [0, 0.05) is 17.5 Å². The first-order chi connectivity index (χ1) is 8.08. The molecule has 0 radical (unpaired) electrons. The van der Waals surface area contributed by atoms with Crippen LogP contribution in [-0.2, 0) is 6.54 Å². The average Bonchev–Trinajstić information content (AvgIpc) is 2.76. The number of rotatable bonds is 3. The highest BCUT2D eigenvalue weighted by molar-refractivity contribution is 7.09. The molecular weight excluding hydrogens is 254 g/mol. The lowest BCUT2D eigenvalue weighted by Gasteiger charge is -2.20. The second kappa shape index (κ2) is 5.02. The van der Waals surface area contributed by atoms with E-state index in [1.54, 1.807) is 11.3 Å². The second-order valence-electron chi connectivity index (χ2n) is 3.95. The van der Waals surface area contributed by atoms with Crippen molar-refractivity contribution in [3.05, 3.63) is 38.9 Å². The van der Waals surface area contributed by atoms with Crippen molar-refractivity contribution in [2.75, 3.05) is 11.9 Å². The van der Waals surface area contributed by atoms with Gasteiger partial charge in [0.15, 0.2) is 0 Å². The Balaban J connectivity index is 2.27. The standard InChI is InChI=1S/C12H14ClN3S/c1-8-11(13)14-9(2)15-12(8)16(3)7-10-5-4-6-17-10/h4-6H,7H2,1-3H3. The number of nitrogens with zero attached hydrogens (tertiary/aromatic N) is 3. The molecule has 17 heavy (non-hydrogen) atoms. The molecule has 0 aromatic carbocycles. The summed E-state index contributed by atoms with van der Waals surface area (Å²) < 4.78 is 0. The number of hydrogen-bond donors (Lipinski definition) is 0. The third kappa shape index (κ3) is 2.76. The molecule has 0 spiro atoms. The summed E-state index contributed by atoms with van der Waals surface area (Å²) in [4.78, 5) is 12.0. The zero-order valence-electron chi connectivity index (χ0n) is 10.1. The first-order valence-corrected chi connectivity index (χ1v) is 6.58. The lowest BCUT2D eigenvalue weighted by atomic mass is 10.3. The lowest BCUT2D eigenvalue weighted by molar-refractivity contribution is 0.880. The molecule has 0 fully saturated rings. The Morgan fingerprint density at radius 2 is 2.12 bits per heavy atom. The lowest BCUT2D eigenvalue weighted by Crippen LogP contribution is -2.19. The Morgan fingerprint density at radius 1 is 1.35 bits per heavy atom. The van der Waals surface area contributed by atoms with Crippen molar-refractivity contribution in [1.82, 2.24) is 9.97 Å². The number of anilines is 1. The third-order valence-electron chi connectivity index (χ3n) is 2.51. The van der Waals surface area contributed by atoms with Gasteiger partial charge in [0.25, 0.3) is 0 Å². The molecule has 2 heterocycles. The quantitative estimate of drug-likeness (QED) is 0.798. The van der Waals surface area contributed by atoms with Crippen molar-refractivity contribution in [2.24, 2.45) is 0 Å². The van der Waals surface area contributed by atoms with Crippen LogP contribution in [0.4, 0.5) is 5.82 Å². The van der Waals surface area contributed by atoms with Gasteiger partial charge < -0.3 is 4.90 Å². The summed E-state index contributed by atoms with van der Waals surface area (Å²) in [6.45, 7) is 4.64. The van der Waals surface area contributed by atoms with Crippen LogP contribution in [-0.4, -0.2) is 17.0 Å². The normalized spacial score (nSPS) is 10.6. The first-order valence-electron chi connectivity index (χ1n) is 5.32. The van der Waals surface area contributed by atoms with Crippen LogP contribution in [0.3, 0.4) is 0 Å². The van der Waals surface area contributed by atoms with E-state index in [-0.39, 0.29) is 0 Å². The Bertz CT molecular complexity index is 511. The highest BCUT2D eigenvalue weighted by Crippen LogP contribution is 2.24. The monoisotopic (exact) mass is 267 g/mol. The first kappa shape index (κ1) is 12.3. The minimum atomic E-state index is 0.533. The van der Waals surface area contributed by atoms with Crippen LogP contribution < -0.4 is 4.90 Å². The van der Waals surface area contributed by atoms with E-state index in [4.69, 9.17) is 11.6 Å². The summed E-state index contributed by atoms with van der Waals surface area (Å²) >= 11 is 7.81. The van der Waals surface area contributed by atoms with Crippen molar-refractivity contribution in [1.29, 1.82) is 0 Å². The fourth-order valence-electron chi connectivity index (χ4n) is 1.66. The maximum atomic E-state index is 6.07. The Morgan fingerprint density at radius 3 is 2.76 bits per heavy atom. The number of thiophene rings is 1. The smallest absolute Gasteiger partial charge is 0.137 e. The van der Waals surface area contributed by atoms with Crippen LogP contribution in [0.5, 0.6) is 0 Å². The minimum absolute atomic E-state index is 0.533. The van der Waals surface area contributed by atoms with Crippen LogP contribution in [0.25, 0.3) is 0 Å². The second-order valence-corrected chi connectivity index (χ2v) is 5.34. The molecule has 2 aromatic heterocycles. The van der Waals surface area contributed by atoms with E-state index in [1.807, 2.05) is 20.9 Å². The number of halogens is 1. The van der Waals surface area contributed by atoms with E-state index in [0.717, 1.165) is 17.9 Å². The molecule has 0 aliphatic heterocycles. The molecule has 0 saturated heterocycles. The summed E-state index contributed by atoms with van der Waals surface area (Å²) in [6, 6.07) is 4.17. The van der Waals surface area contributed by atoms with Gasteiger partial charge in [0.05, 0.1) is 6.54 Å². The molecule has 2 rings (SSSR count). The summed E-state index contributed by atoms with van der Waals surface area (Å²) in [7, 11) is 2.02. The predicted molar refractivity (Wildman–Crippen MR) is 72.9 cm³/mol. The highest BCUT2D eigenvalue weighted by Gasteiger charge is 2.12. The van der Waals surface area contributed by atoms with Gasteiger partial charge in [-0.15, -0.1) is 11.3 Å². The van der Waals surface area contributed by atoms with Gasteiger partial charge in [0.2, 0.25) is 0 Å². The van der Waals surface area contributed by atoms with Crippen molar-refractivity contribution < 1.29 is 0 Å². The Kier molecular flexibility index (Phi) is 3.64. The summed E-state index contributed by atoms with van der Waals surface area (Å²) in [5.74, 6) is 1.60. The molecule has 0 amide bonds. The molecule has 3 nitrogen and oxygen atoms in total. The topological polar surface area (TPSA) is 29.0 Å². The fraction of sp³-hybridized carbons (Fsp3) is 0.333. The van der Waals surface area contributed by atoms with Crippen LogP contribution >= 0.6 is 22.9 Å². The zero-order chi connectivity index (χ0) is 12.4. The molecule has 0 bridgehead atoms. The summed E-state index contributed by atoms with van der Waals surface area (Å²) in [6.07, 6.45) is 0. The summed E-state index contributed by atoms with van der Waals surface area (Å²) in [5.41, 5.74) is 0.927. The van der Waals surface area contributed by atoms with Crippen LogP contribution in [0, 0.1) is 13.8 Å². The molecular formula is C12H14ClN3S. The maximum Gasteiger partial charge on any atom is 0.137 e. The van der Waals surface area contributed by atoms with E-state index < -0.39 is 0 Å². The average molecular weight is 268 g/mol. The van der Waals surface area contributed by atoms with Crippen LogP contribution in [0.15, 0.2) is 17.5 Å². The van der Waals surface area contributed by atoms with Crippen molar-refractivity contribution in [2.45, 2.75) is 20.4 Å². The molecule has 0 N–H and O–H groups in total. The van der Waals surface area contributed by atoms with E-state index in [0.29, 0.717) is 11.0 Å². The predicted octanol–water partition coefficient (Wildman–Crippen LogP) is 3.44. The maximum absolute atomic E-state index is 6.07. The Labute approximate surface area is 110 Å². The molecule has 0 atom stereocenters. The molecule has 0 aliphatic rings. The molecule has 0 aliphatic carbocycles. The van der Waals surface area contributed by atoms with E-state index >= 15 is 0 Å². The van der Waals surface area contributed by atoms with E-state index in [2.05, 4.69) is 32.4 Å². The largest absolute Gasteiger partial charge is 0.354 e. The van der Waals surface area contributed by atoms with Gasteiger partial charge in [-0.05, 0) is 25.3 Å². The van der Waals surface area contributed by atoms with Crippen LogP contribution in [0.2, 0.25) is 5.15 Å². The number of aryl methyl sites for hydroxylation is 1. The van der Waals surface area contributed by atoms with E-state index in [9.17, 15) is 0 Å². The van der Waals surface area contributed by atoms with Gasteiger partial charge in [-0.3, -0.25) is 0 Å². The van der Waals surface area contributed by atoms with Gasteiger partial charge >= 0.3 is 0 Å². The highest BCUT2D eigenvalue weighted by atomic mass is 35.5. The fourth-order valence-corrected chi connectivity index (χ4v) is 2.63. The molecule has 90 valence electrons. The van der Waals surface area contributed by atoms with Gasteiger partial charge in [-0.25, -0.2) is 9.97 Å². The van der Waals surface area contributed by atoms with Gasteiger partial charge in [0.1, 0.15) is 16.8 Å². The van der Waals surface area contributed by atoms with Gasteiger partial charge in [-0.2, -0.15) is 0 Å². The summed E-state index contributed by atoms with van der Waals surface area (Å²) in [5, 5.41) is 2.61. The molecule has 2 aromatic rings. The number of aromatic nitrogens is 2. The van der Waals surface area contributed by atoms with Crippen LogP contribution in [0.1, 0.15) is 16.3 Å². The molecule has 0 saturated carbocycles. The third-order valence-corrected chi connectivity index (χ3v) is 3.74. The number of hydrogen-bond acceptors (Lipinski definition) is 4. The zero-order valence-corrected chi connectivity index (χ0v) is 11.6. The van der Waals surface area contributed by atoms with Crippen molar-refractivity contribution >= 4 is 28.8 Å². The van der Waals surface area contributed by atoms with E-state index in [1.165, 1.54) is 4.88 Å². The SMILES string of the molecule is Cc1nc(Cl)c(C)c(N(C)Cc2cccs2)n1. The Hall–Kier alpha value is -1.13. The van der Waals surface area contributed by atoms with Crippen molar-refractivity contribution in [3.8, 4) is 0 Å². The minimum Gasteiger partial charge on any atom is -0.354 e.